The van der Waals surface area contributed by atoms with E-state index in [2.05, 4.69) is 36.1 Å². The number of carbonyl (C=O) groups excluding carboxylic acids is 1. The number of anilines is 1. The topological polar surface area (TPSA) is 67.0 Å². The van der Waals surface area contributed by atoms with Crippen molar-refractivity contribution < 1.29 is 9.53 Å². The first-order valence-electron chi connectivity index (χ1n) is 8.84. The lowest BCUT2D eigenvalue weighted by Crippen LogP contribution is -2.14. The first-order valence-corrected chi connectivity index (χ1v) is 9.22. The second-order valence-corrected chi connectivity index (χ2v) is 8.27. The summed E-state index contributed by atoms with van der Waals surface area (Å²) in [5.74, 6) is 1.45. The predicted octanol–water partition coefficient (Wildman–Crippen LogP) is 4.99. The minimum Gasteiger partial charge on any atom is -0.496 e. The van der Waals surface area contributed by atoms with Crippen molar-refractivity contribution in [2.45, 2.75) is 33.6 Å². The van der Waals surface area contributed by atoms with Crippen LogP contribution in [0.2, 0.25) is 5.02 Å². The minimum atomic E-state index is -0.139. The fourth-order valence-corrected chi connectivity index (χ4v) is 3.18. The number of nitrogens with one attached hydrogen (secondary N) is 2. The Morgan fingerprint density at radius 1 is 1.22 bits per heavy atom. The van der Waals surface area contributed by atoms with Gasteiger partial charge in [-0.3, -0.25) is 4.79 Å². The highest BCUT2D eigenvalue weighted by atomic mass is 35.5. The number of nitrogens with zero attached hydrogens (tertiary/aromatic N) is 1. The van der Waals surface area contributed by atoms with Crippen LogP contribution in [0.15, 0.2) is 36.4 Å². The number of aromatic nitrogens is 2. The summed E-state index contributed by atoms with van der Waals surface area (Å²) < 4.78 is 5.30. The number of ether oxygens (including phenoxy) is 1. The Kier molecular flexibility index (Phi) is 5.42. The molecular formula is C21H24ClN3O2. The molecule has 3 rings (SSSR count). The summed E-state index contributed by atoms with van der Waals surface area (Å²) in [5, 5.41) is 3.49. The number of fused-ring (bicyclic) bond motifs is 1. The number of H-pyrrole nitrogens is 1. The van der Waals surface area contributed by atoms with Gasteiger partial charge in [-0.2, -0.15) is 0 Å². The van der Waals surface area contributed by atoms with Crippen molar-refractivity contribution in [3.63, 3.8) is 0 Å². The zero-order chi connectivity index (χ0) is 19.6. The number of halogens is 1. The van der Waals surface area contributed by atoms with Crippen molar-refractivity contribution in [1.82, 2.24) is 9.97 Å². The predicted molar refractivity (Wildman–Crippen MR) is 110 cm³/mol. The van der Waals surface area contributed by atoms with Gasteiger partial charge < -0.3 is 15.0 Å². The van der Waals surface area contributed by atoms with E-state index in [0.29, 0.717) is 16.5 Å². The smallest absolute Gasteiger partial charge is 0.228 e. The summed E-state index contributed by atoms with van der Waals surface area (Å²) in [5.41, 5.74) is 3.41. The number of benzene rings is 2. The standard InChI is InChI=1S/C21H24ClN3O2/c1-21(2,3)12-19-24-16-7-6-15(11-17(16)25-19)23-20(26)10-13-9-14(22)5-8-18(13)27-4/h5-9,11H,10,12H2,1-4H3,(H,23,26)(H,24,25). The van der Waals surface area contributed by atoms with Gasteiger partial charge in [-0.15, -0.1) is 0 Å². The average Bonchev–Trinajstić information content (AvgIpc) is 2.94. The zero-order valence-corrected chi connectivity index (χ0v) is 16.8. The Morgan fingerprint density at radius 2 is 2.00 bits per heavy atom. The SMILES string of the molecule is COc1ccc(Cl)cc1CC(=O)Nc1ccc2[nH]c(CC(C)(C)C)nc2c1. The molecule has 0 aliphatic heterocycles. The van der Waals surface area contributed by atoms with Crippen LogP contribution >= 0.6 is 11.6 Å². The molecule has 3 aromatic rings. The van der Waals surface area contributed by atoms with E-state index in [1.807, 2.05) is 18.2 Å². The summed E-state index contributed by atoms with van der Waals surface area (Å²) in [4.78, 5) is 20.4. The maximum Gasteiger partial charge on any atom is 0.228 e. The summed E-state index contributed by atoms with van der Waals surface area (Å²) in [6.07, 6.45) is 1.04. The van der Waals surface area contributed by atoms with Gasteiger partial charge in [0.1, 0.15) is 11.6 Å². The Labute approximate surface area is 164 Å². The van der Waals surface area contributed by atoms with Gasteiger partial charge in [-0.1, -0.05) is 32.4 Å². The first kappa shape index (κ1) is 19.2. The molecule has 0 atom stereocenters. The molecule has 0 unspecified atom stereocenters. The molecule has 5 nitrogen and oxygen atoms in total. The molecule has 0 fully saturated rings. The molecular weight excluding hydrogens is 362 g/mol. The van der Waals surface area contributed by atoms with Crippen LogP contribution in [0.4, 0.5) is 5.69 Å². The molecule has 0 bridgehead atoms. The summed E-state index contributed by atoms with van der Waals surface area (Å²) in [6.45, 7) is 6.53. The third kappa shape index (κ3) is 5.01. The lowest BCUT2D eigenvalue weighted by Gasteiger charge is -2.15. The molecule has 1 amide bonds. The monoisotopic (exact) mass is 385 g/mol. The Hall–Kier alpha value is -2.53. The lowest BCUT2D eigenvalue weighted by atomic mass is 9.92. The fourth-order valence-electron chi connectivity index (χ4n) is 2.99. The van der Waals surface area contributed by atoms with Crippen molar-refractivity contribution in [2.24, 2.45) is 5.41 Å². The normalized spacial score (nSPS) is 11.6. The summed E-state index contributed by atoms with van der Waals surface area (Å²) >= 11 is 6.03. The van der Waals surface area contributed by atoms with Crippen molar-refractivity contribution in [1.29, 1.82) is 0 Å². The van der Waals surface area contributed by atoms with Crippen LogP contribution in [-0.4, -0.2) is 23.0 Å². The first-order chi connectivity index (χ1) is 12.7. The van der Waals surface area contributed by atoms with Crippen molar-refractivity contribution in [3.8, 4) is 5.75 Å². The van der Waals surface area contributed by atoms with Gasteiger partial charge in [-0.05, 0) is 41.8 Å². The highest BCUT2D eigenvalue weighted by Gasteiger charge is 2.15. The van der Waals surface area contributed by atoms with Crippen molar-refractivity contribution >= 4 is 34.2 Å². The Bertz CT molecular complexity index is 973. The van der Waals surface area contributed by atoms with Gasteiger partial charge in [0.2, 0.25) is 5.91 Å². The lowest BCUT2D eigenvalue weighted by molar-refractivity contribution is -0.115. The molecule has 0 radical (unpaired) electrons. The van der Waals surface area contributed by atoms with E-state index in [9.17, 15) is 4.79 Å². The molecule has 0 aliphatic rings. The number of imidazole rings is 1. The number of hydrogen-bond acceptors (Lipinski definition) is 3. The molecule has 142 valence electrons. The molecule has 0 saturated heterocycles. The number of rotatable bonds is 5. The molecule has 2 N–H and O–H groups in total. The van der Waals surface area contributed by atoms with Gasteiger partial charge in [0, 0.05) is 22.7 Å². The largest absolute Gasteiger partial charge is 0.496 e. The molecule has 0 aliphatic carbocycles. The molecule has 27 heavy (non-hydrogen) atoms. The van der Waals surface area contributed by atoms with E-state index in [1.54, 1.807) is 25.3 Å². The zero-order valence-electron chi connectivity index (χ0n) is 16.0. The van der Waals surface area contributed by atoms with E-state index >= 15 is 0 Å². The van der Waals surface area contributed by atoms with Crippen LogP contribution in [0.1, 0.15) is 32.2 Å². The van der Waals surface area contributed by atoms with Crippen LogP contribution in [0, 0.1) is 5.41 Å². The van der Waals surface area contributed by atoms with Crippen LogP contribution in [-0.2, 0) is 17.6 Å². The Balaban J connectivity index is 1.74. The van der Waals surface area contributed by atoms with Crippen molar-refractivity contribution in [2.75, 3.05) is 12.4 Å². The van der Waals surface area contributed by atoms with Gasteiger partial charge in [0.15, 0.2) is 0 Å². The second-order valence-electron chi connectivity index (χ2n) is 7.83. The van der Waals surface area contributed by atoms with Gasteiger partial charge >= 0.3 is 0 Å². The van der Waals surface area contributed by atoms with Crippen LogP contribution in [0.3, 0.4) is 0 Å². The van der Waals surface area contributed by atoms with Gasteiger partial charge in [0.25, 0.3) is 0 Å². The number of methoxy groups -OCH3 is 1. The molecule has 0 spiro atoms. The summed E-state index contributed by atoms with van der Waals surface area (Å²) in [7, 11) is 1.57. The van der Waals surface area contributed by atoms with E-state index in [0.717, 1.165) is 28.8 Å². The van der Waals surface area contributed by atoms with Crippen molar-refractivity contribution in [3.05, 3.63) is 52.8 Å². The van der Waals surface area contributed by atoms with E-state index in [-0.39, 0.29) is 17.7 Å². The van der Waals surface area contributed by atoms with E-state index < -0.39 is 0 Å². The Morgan fingerprint density at radius 3 is 2.70 bits per heavy atom. The van der Waals surface area contributed by atoms with Gasteiger partial charge in [0.05, 0.1) is 24.6 Å². The average molecular weight is 386 g/mol. The summed E-state index contributed by atoms with van der Waals surface area (Å²) in [6, 6.07) is 10.9. The number of carbonyl (C=O) groups is 1. The number of aromatic amines is 1. The molecule has 2 aromatic carbocycles. The molecule has 1 aromatic heterocycles. The van der Waals surface area contributed by atoms with Crippen LogP contribution in [0.5, 0.6) is 5.75 Å². The van der Waals surface area contributed by atoms with Crippen LogP contribution in [0.25, 0.3) is 11.0 Å². The minimum absolute atomic E-state index is 0.139. The second kappa shape index (κ2) is 7.61. The van der Waals surface area contributed by atoms with Crippen LogP contribution < -0.4 is 10.1 Å². The maximum absolute atomic E-state index is 12.5. The third-order valence-corrected chi connectivity index (χ3v) is 4.34. The highest BCUT2D eigenvalue weighted by molar-refractivity contribution is 6.30. The highest BCUT2D eigenvalue weighted by Crippen LogP contribution is 2.25. The third-order valence-electron chi connectivity index (χ3n) is 4.11. The van der Waals surface area contributed by atoms with E-state index in [1.165, 1.54) is 0 Å². The number of hydrogen-bond donors (Lipinski definition) is 2. The maximum atomic E-state index is 12.5. The fraction of sp³-hybridized carbons (Fsp3) is 0.333. The molecule has 0 saturated carbocycles. The molecule has 6 heteroatoms. The number of amides is 1. The van der Waals surface area contributed by atoms with Gasteiger partial charge in [-0.25, -0.2) is 4.98 Å². The van der Waals surface area contributed by atoms with E-state index in [4.69, 9.17) is 16.3 Å². The quantitative estimate of drug-likeness (QED) is 0.649. The molecule has 1 heterocycles.